The second kappa shape index (κ2) is 10.9. The van der Waals surface area contributed by atoms with Crippen LogP contribution in [0.2, 0.25) is 0 Å². The molecule has 40 heavy (non-hydrogen) atoms. The first-order valence-electron chi connectivity index (χ1n) is 13.3. The number of hydrogen-bond acceptors (Lipinski definition) is 4. The van der Waals surface area contributed by atoms with Gasteiger partial charge in [0.25, 0.3) is 0 Å². The lowest BCUT2D eigenvalue weighted by molar-refractivity contribution is -0.155. The van der Waals surface area contributed by atoms with E-state index in [9.17, 15) is 18.0 Å². The van der Waals surface area contributed by atoms with E-state index in [-0.39, 0.29) is 11.5 Å². The molecule has 4 aromatic rings. The number of carbonyl (C=O) groups excluding carboxylic acids is 1. The fourth-order valence-electron chi connectivity index (χ4n) is 5.04. The third-order valence-electron chi connectivity index (χ3n) is 6.94. The predicted octanol–water partition coefficient (Wildman–Crippen LogP) is 7.52. The second-order valence-corrected chi connectivity index (χ2v) is 11.1. The molecule has 0 saturated heterocycles. The minimum absolute atomic E-state index is 0.145. The van der Waals surface area contributed by atoms with Gasteiger partial charge in [-0.05, 0) is 67.6 Å². The van der Waals surface area contributed by atoms with E-state index < -0.39 is 17.3 Å². The smallest absolute Gasteiger partial charge is 0.417 e. The van der Waals surface area contributed by atoms with E-state index in [4.69, 9.17) is 4.74 Å². The van der Waals surface area contributed by atoms with Crippen molar-refractivity contribution in [3.8, 4) is 33.6 Å². The normalized spacial score (nSPS) is 14.2. The van der Waals surface area contributed by atoms with Crippen LogP contribution in [-0.2, 0) is 28.7 Å². The molecule has 1 aromatic heterocycles. The highest BCUT2D eigenvalue weighted by Gasteiger charge is 2.34. The summed E-state index contributed by atoms with van der Waals surface area (Å²) >= 11 is 0. The first-order chi connectivity index (χ1) is 19.0. The van der Waals surface area contributed by atoms with Crippen molar-refractivity contribution in [1.82, 2.24) is 15.1 Å². The van der Waals surface area contributed by atoms with Crippen LogP contribution in [0, 0.1) is 0 Å². The first kappa shape index (κ1) is 27.6. The van der Waals surface area contributed by atoms with Gasteiger partial charge < -0.3 is 4.74 Å². The number of carbonyl (C=O) groups is 1. The van der Waals surface area contributed by atoms with Gasteiger partial charge in [-0.15, -0.1) is 0 Å². The number of hydrogen-bond donors (Lipinski definition) is 1. The average Bonchev–Trinajstić information content (AvgIpc) is 3.41. The Labute approximate surface area is 232 Å². The molecule has 1 aliphatic rings. The van der Waals surface area contributed by atoms with Crippen LogP contribution in [-0.4, -0.2) is 39.8 Å². The highest BCUT2D eigenvalue weighted by atomic mass is 19.4. The van der Waals surface area contributed by atoms with Crippen LogP contribution in [0.15, 0.2) is 72.8 Å². The largest absolute Gasteiger partial charge is 0.460 e. The van der Waals surface area contributed by atoms with E-state index in [0.29, 0.717) is 35.5 Å². The maximum atomic E-state index is 14.0. The lowest BCUT2D eigenvalue weighted by Crippen LogP contribution is -2.33. The van der Waals surface area contributed by atoms with E-state index in [1.165, 1.54) is 23.3 Å². The van der Waals surface area contributed by atoms with E-state index >= 15 is 0 Å². The Hall–Kier alpha value is -3.91. The van der Waals surface area contributed by atoms with E-state index in [2.05, 4.69) is 27.2 Å². The van der Waals surface area contributed by atoms with Gasteiger partial charge in [-0.2, -0.15) is 18.3 Å². The van der Waals surface area contributed by atoms with Crippen molar-refractivity contribution < 1.29 is 22.7 Å². The number of aromatic amines is 1. The molecule has 1 aliphatic heterocycles. The van der Waals surface area contributed by atoms with Crippen molar-refractivity contribution in [1.29, 1.82) is 0 Å². The van der Waals surface area contributed by atoms with Crippen LogP contribution in [0.25, 0.3) is 33.6 Å². The topological polar surface area (TPSA) is 58.2 Å². The van der Waals surface area contributed by atoms with Gasteiger partial charge in [-0.1, -0.05) is 54.6 Å². The van der Waals surface area contributed by atoms with Crippen LogP contribution in [0.4, 0.5) is 13.2 Å². The fraction of sp³-hybridized carbons (Fsp3) is 0.312. The Balaban J connectivity index is 1.31. The number of halogens is 3. The lowest BCUT2D eigenvalue weighted by Gasteiger charge is -2.29. The summed E-state index contributed by atoms with van der Waals surface area (Å²) in [6, 6.07) is 20.9. The molecular weight excluding hydrogens is 515 g/mol. The number of esters is 1. The zero-order chi connectivity index (χ0) is 28.5. The van der Waals surface area contributed by atoms with Crippen LogP contribution in [0.1, 0.15) is 43.9 Å². The molecule has 0 fully saturated rings. The predicted molar refractivity (Wildman–Crippen MR) is 149 cm³/mol. The standard InChI is InChI=1S/C32H32F3N3O2/c1-31(2,3)40-30(39)14-16-38-15-13-22-17-23(9-10-25(22)20-38)28-19-29(37-36-28)24-11-12-26(21-7-5-4-6-8-21)27(18-24)32(33,34)35/h4-12,17-19H,13-16,20H2,1-3H3,(H,36,37). The minimum Gasteiger partial charge on any atom is -0.460 e. The van der Waals surface area contributed by atoms with Gasteiger partial charge in [0.15, 0.2) is 0 Å². The van der Waals surface area contributed by atoms with Crippen LogP contribution < -0.4 is 0 Å². The van der Waals surface area contributed by atoms with E-state index in [0.717, 1.165) is 25.1 Å². The minimum atomic E-state index is -4.50. The zero-order valence-corrected chi connectivity index (χ0v) is 22.8. The van der Waals surface area contributed by atoms with Crippen molar-refractivity contribution in [2.75, 3.05) is 13.1 Å². The third-order valence-corrected chi connectivity index (χ3v) is 6.94. The molecule has 0 unspecified atom stereocenters. The molecule has 0 radical (unpaired) electrons. The van der Waals surface area contributed by atoms with Crippen molar-refractivity contribution in [2.24, 2.45) is 0 Å². The second-order valence-electron chi connectivity index (χ2n) is 11.1. The van der Waals surface area contributed by atoms with Crippen molar-refractivity contribution in [2.45, 2.75) is 51.9 Å². The summed E-state index contributed by atoms with van der Waals surface area (Å²) in [6.45, 7) is 7.81. The number of ether oxygens (including phenoxy) is 1. The lowest BCUT2D eigenvalue weighted by atomic mass is 9.95. The number of rotatable bonds is 6. The number of nitrogens with one attached hydrogen (secondary N) is 1. The SMILES string of the molecule is CC(C)(C)OC(=O)CCN1CCc2cc(-c3cc(-c4ccc(-c5ccccc5)c(C(F)(F)F)c4)[nH]n3)ccc2C1. The van der Waals surface area contributed by atoms with Gasteiger partial charge in [-0.25, -0.2) is 0 Å². The molecule has 0 saturated carbocycles. The van der Waals surface area contributed by atoms with Crippen LogP contribution in [0.5, 0.6) is 0 Å². The first-order valence-corrected chi connectivity index (χ1v) is 13.3. The summed E-state index contributed by atoms with van der Waals surface area (Å²) < 4.78 is 47.4. The molecule has 2 heterocycles. The number of aromatic nitrogens is 2. The third kappa shape index (κ3) is 6.45. The monoisotopic (exact) mass is 547 g/mol. The van der Waals surface area contributed by atoms with Gasteiger partial charge in [0.05, 0.1) is 23.4 Å². The highest BCUT2D eigenvalue weighted by molar-refractivity contribution is 5.75. The summed E-state index contributed by atoms with van der Waals surface area (Å²) in [5, 5.41) is 7.33. The molecule has 0 spiro atoms. The summed E-state index contributed by atoms with van der Waals surface area (Å²) in [6.07, 6.45) is -3.31. The molecule has 0 aliphatic carbocycles. The number of H-pyrrole nitrogens is 1. The molecule has 0 bridgehead atoms. The highest BCUT2D eigenvalue weighted by Crippen LogP contribution is 2.39. The van der Waals surface area contributed by atoms with Crippen LogP contribution >= 0.6 is 0 Å². The molecule has 3 aromatic carbocycles. The van der Waals surface area contributed by atoms with E-state index in [1.807, 2.05) is 26.8 Å². The zero-order valence-electron chi connectivity index (χ0n) is 22.8. The summed E-state index contributed by atoms with van der Waals surface area (Å²) in [7, 11) is 0. The molecule has 208 valence electrons. The molecule has 0 amide bonds. The number of nitrogens with zero attached hydrogens (tertiary/aromatic N) is 2. The van der Waals surface area contributed by atoms with Gasteiger partial charge in [-0.3, -0.25) is 14.8 Å². The summed E-state index contributed by atoms with van der Waals surface area (Å²) in [5.41, 5.74) is 4.42. The van der Waals surface area contributed by atoms with Crippen molar-refractivity contribution >= 4 is 5.97 Å². The number of alkyl halides is 3. The quantitative estimate of drug-likeness (QED) is 0.254. The maximum absolute atomic E-state index is 14.0. The molecule has 8 heteroatoms. The van der Waals surface area contributed by atoms with Crippen LogP contribution in [0.3, 0.4) is 0 Å². The van der Waals surface area contributed by atoms with Gasteiger partial charge in [0.1, 0.15) is 5.60 Å². The number of benzene rings is 3. The van der Waals surface area contributed by atoms with Crippen molar-refractivity contribution in [3.05, 3.63) is 89.5 Å². The Bertz CT molecular complexity index is 1500. The Kier molecular flexibility index (Phi) is 7.55. The molecule has 5 nitrogen and oxygen atoms in total. The number of fused-ring (bicyclic) bond motifs is 1. The average molecular weight is 548 g/mol. The molecule has 0 atom stereocenters. The summed E-state index contributed by atoms with van der Waals surface area (Å²) in [4.78, 5) is 14.3. The molecule has 1 N–H and O–H groups in total. The fourth-order valence-corrected chi connectivity index (χ4v) is 5.04. The maximum Gasteiger partial charge on any atom is 0.417 e. The Morgan fingerprint density at radius 3 is 2.40 bits per heavy atom. The Morgan fingerprint density at radius 1 is 0.925 bits per heavy atom. The van der Waals surface area contributed by atoms with Gasteiger partial charge in [0, 0.05) is 30.8 Å². The molecular formula is C32H32F3N3O2. The summed E-state index contributed by atoms with van der Waals surface area (Å²) in [5.74, 6) is -0.194. The van der Waals surface area contributed by atoms with Gasteiger partial charge >= 0.3 is 12.1 Å². The Morgan fingerprint density at radius 2 is 1.68 bits per heavy atom. The van der Waals surface area contributed by atoms with Crippen molar-refractivity contribution in [3.63, 3.8) is 0 Å². The van der Waals surface area contributed by atoms with E-state index in [1.54, 1.807) is 42.5 Å². The van der Waals surface area contributed by atoms with Gasteiger partial charge in [0.2, 0.25) is 0 Å². The molecule has 5 rings (SSSR count).